The Bertz CT molecular complexity index is 1150. The molecule has 0 spiro atoms. The topological polar surface area (TPSA) is 93.7 Å². The summed E-state index contributed by atoms with van der Waals surface area (Å²) in [4.78, 5) is 35.9. The first-order valence-corrected chi connectivity index (χ1v) is 10.4. The van der Waals surface area contributed by atoms with Crippen LogP contribution in [0.15, 0.2) is 78.9 Å². The van der Waals surface area contributed by atoms with Gasteiger partial charge in [0, 0.05) is 23.0 Å². The molecule has 0 heterocycles. The summed E-state index contributed by atoms with van der Waals surface area (Å²) in [6.45, 7) is 3.88. The van der Waals surface area contributed by atoms with Gasteiger partial charge in [0.1, 0.15) is 5.75 Å². The molecule has 0 fully saturated rings. The molecule has 0 aliphatic rings. The Kier molecular flexibility index (Phi) is 7.96. The average molecular weight is 444 g/mol. The minimum Gasteiger partial charge on any atom is -0.434 e. The van der Waals surface area contributed by atoms with Gasteiger partial charge >= 0.3 is 6.16 Å². The van der Waals surface area contributed by atoms with Crippen LogP contribution in [0.3, 0.4) is 0 Å². The van der Waals surface area contributed by atoms with Gasteiger partial charge in [-0.2, -0.15) is 0 Å². The standard InChI is InChI=1S/C26H24N2O5/c1-3-32-26(31)33-23-15-8-20(9-16-23)25(30)28-22-13-11-21(12-14-22)27-24(29)17-10-19-7-5-4-6-18(19)2/h4-17H,3H2,1-2H3,(H,27,29)(H,28,30)/b17-10+. The fourth-order valence-corrected chi connectivity index (χ4v) is 2.88. The van der Waals surface area contributed by atoms with Gasteiger partial charge in [-0.05, 0) is 79.6 Å². The molecule has 3 aromatic carbocycles. The molecule has 2 N–H and O–H groups in total. The molecule has 0 unspecified atom stereocenters. The largest absolute Gasteiger partial charge is 0.513 e. The summed E-state index contributed by atoms with van der Waals surface area (Å²) >= 11 is 0. The maximum Gasteiger partial charge on any atom is 0.513 e. The Balaban J connectivity index is 1.53. The number of carbonyl (C=O) groups is 3. The maximum atomic E-state index is 12.4. The van der Waals surface area contributed by atoms with E-state index < -0.39 is 6.16 Å². The van der Waals surface area contributed by atoms with Gasteiger partial charge < -0.3 is 20.1 Å². The lowest BCUT2D eigenvalue weighted by Gasteiger charge is -2.08. The van der Waals surface area contributed by atoms with Crippen LogP contribution in [0, 0.1) is 6.92 Å². The lowest BCUT2D eigenvalue weighted by atomic mass is 10.1. The molecule has 0 aromatic heterocycles. The number of anilines is 2. The van der Waals surface area contributed by atoms with Gasteiger partial charge in [0.25, 0.3) is 5.91 Å². The molecular formula is C26H24N2O5. The van der Waals surface area contributed by atoms with E-state index in [1.54, 1.807) is 49.4 Å². The molecular weight excluding hydrogens is 420 g/mol. The summed E-state index contributed by atoms with van der Waals surface area (Å²) in [5, 5.41) is 5.56. The van der Waals surface area contributed by atoms with Crippen LogP contribution >= 0.6 is 0 Å². The van der Waals surface area contributed by atoms with Gasteiger partial charge in [0.2, 0.25) is 5.91 Å². The van der Waals surface area contributed by atoms with Crippen molar-refractivity contribution in [3.8, 4) is 5.75 Å². The van der Waals surface area contributed by atoms with E-state index in [1.165, 1.54) is 18.2 Å². The second kappa shape index (κ2) is 11.3. The van der Waals surface area contributed by atoms with Crippen molar-refractivity contribution < 1.29 is 23.9 Å². The van der Waals surface area contributed by atoms with Crippen molar-refractivity contribution in [2.75, 3.05) is 17.2 Å². The molecule has 168 valence electrons. The quantitative estimate of drug-likeness (QED) is 0.288. The first-order chi connectivity index (χ1) is 15.9. The summed E-state index contributed by atoms with van der Waals surface area (Å²) in [6.07, 6.45) is 2.45. The van der Waals surface area contributed by atoms with Crippen molar-refractivity contribution in [2.24, 2.45) is 0 Å². The van der Waals surface area contributed by atoms with Crippen LogP contribution < -0.4 is 15.4 Å². The van der Waals surface area contributed by atoms with E-state index in [0.717, 1.165) is 11.1 Å². The smallest absolute Gasteiger partial charge is 0.434 e. The molecule has 7 nitrogen and oxygen atoms in total. The number of amides is 2. The van der Waals surface area contributed by atoms with Crippen LogP contribution in [-0.2, 0) is 9.53 Å². The van der Waals surface area contributed by atoms with E-state index in [-0.39, 0.29) is 24.2 Å². The fraction of sp³-hybridized carbons (Fsp3) is 0.115. The zero-order valence-electron chi connectivity index (χ0n) is 18.3. The molecule has 0 saturated carbocycles. The molecule has 0 bridgehead atoms. The zero-order chi connectivity index (χ0) is 23.6. The summed E-state index contributed by atoms with van der Waals surface area (Å²) in [5.74, 6) is -0.294. The number of rotatable bonds is 7. The average Bonchev–Trinajstić information content (AvgIpc) is 2.80. The molecule has 0 aliphatic heterocycles. The Morgan fingerprint density at radius 2 is 1.48 bits per heavy atom. The normalized spacial score (nSPS) is 10.5. The number of benzene rings is 3. The highest BCUT2D eigenvalue weighted by Gasteiger charge is 2.09. The van der Waals surface area contributed by atoms with E-state index >= 15 is 0 Å². The van der Waals surface area contributed by atoms with E-state index in [4.69, 9.17) is 9.47 Å². The number of aryl methyl sites for hydroxylation is 1. The molecule has 2 amide bonds. The Labute approximate surface area is 192 Å². The second-order valence-electron chi connectivity index (χ2n) is 7.02. The van der Waals surface area contributed by atoms with Crippen molar-refractivity contribution >= 4 is 35.4 Å². The first kappa shape index (κ1) is 23.3. The Hall–Kier alpha value is -4.39. The molecule has 0 radical (unpaired) electrons. The maximum absolute atomic E-state index is 12.4. The second-order valence-corrected chi connectivity index (χ2v) is 7.02. The SMILES string of the molecule is CCOC(=O)Oc1ccc(C(=O)Nc2ccc(NC(=O)/C=C/c3ccccc3C)cc2)cc1. The van der Waals surface area contributed by atoms with Gasteiger partial charge in [0.15, 0.2) is 0 Å². The Morgan fingerprint density at radius 1 is 0.848 bits per heavy atom. The Morgan fingerprint density at radius 3 is 2.12 bits per heavy atom. The van der Waals surface area contributed by atoms with Gasteiger partial charge in [-0.3, -0.25) is 9.59 Å². The monoisotopic (exact) mass is 444 g/mol. The minimum atomic E-state index is -0.799. The first-order valence-electron chi connectivity index (χ1n) is 10.4. The number of ether oxygens (including phenoxy) is 2. The lowest BCUT2D eigenvalue weighted by Crippen LogP contribution is -2.13. The van der Waals surface area contributed by atoms with Crippen molar-refractivity contribution in [2.45, 2.75) is 13.8 Å². The number of nitrogens with one attached hydrogen (secondary N) is 2. The van der Waals surface area contributed by atoms with Crippen LogP contribution in [0.2, 0.25) is 0 Å². The van der Waals surface area contributed by atoms with Gasteiger partial charge in [-0.25, -0.2) is 4.79 Å². The third-order valence-electron chi connectivity index (χ3n) is 4.59. The molecule has 0 atom stereocenters. The summed E-state index contributed by atoms with van der Waals surface area (Å²) in [5.41, 5.74) is 3.63. The van der Waals surface area contributed by atoms with Crippen molar-refractivity contribution in [1.29, 1.82) is 0 Å². The van der Waals surface area contributed by atoms with E-state index in [0.29, 0.717) is 16.9 Å². The predicted molar refractivity (Wildman–Crippen MR) is 127 cm³/mol. The molecule has 0 aliphatic carbocycles. The van der Waals surface area contributed by atoms with Crippen LogP contribution in [-0.4, -0.2) is 24.6 Å². The van der Waals surface area contributed by atoms with E-state index in [2.05, 4.69) is 10.6 Å². The molecule has 3 rings (SSSR count). The van der Waals surface area contributed by atoms with E-state index in [9.17, 15) is 14.4 Å². The fourth-order valence-electron chi connectivity index (χ4n) is 2.88. The number of hydrogen-bond acceptors (Lipinski definition) is 5. The van der Waals surface area contributed by atoms with Crippen molar-refractivity contribution in [3.63, 3.8) is 0 Å². The number of hydrogen-bond donors (Lipinski definition) is 2. The predicted octanol–water partition coefficient (Wildman–Crippen LogP) is 5.43. The molecule has 33 heavy (non-hydrogen) atoms. The van der Waals surface area contributed by atoms with Crippen LogP contribution in [0.1, 0.15) is 28.4 Å². The molecule has 0 saturated heterocycles. The summed E-state index contributed by atoms with van der Waals surface area (Å²) in [7, 11) is 0. The number of carbonyl (C=O) groups excluding carboxylic acids is 3. The van der Waals surface area contributed by atoms with Crippen molar-refractivity contribution in [3.05, 3.63) is 95.6 Å². The summed E-state index contributed by atoms with van der Waals surface area (Å²) < 4.78 is 9.67. The highest BCUT2D eigenvalue weighted by atomic mass is 16.7. The van der Waals surface area contributed by atoms with Crippen LogP contribution in [0.5, 0.6) is 5.75 Å². The summed E-state index contributed by atoms with van der Waals surface area (Å²) in [6, 6.07) is 20.7. The zero-order valence-corrected chi connectivity index (χ0v) is 18.3. The van der Waals surface area contributed by atoms with Gasteiger partial charge in [-0.1, -0.05) is 24.3 Å². The third-order valence-corrected chi connectivity index (χ3v) is 4.59. The van der Waals surface area contributed by atoms with Gasteiger partial charge in [-0.15, -0.1) is 0 Å². The lowest BCUT2D eigenvalue weighted by molar-refractivity contribution is -0.111. The van der Waals surface area contributed by atoms with Crippen LogP contribution in [0.4, 0.5) is 16.2 Å². The highest BCUT2D eigenvalue weighted by molar-refractivity contribution is 6.05. The third kappa shape index (κ3) is 7.07. The van der Waals surface area contributed by atoms with Crippen molar-refractivity contribution in [1.82, 2.24) is 0 Å². The molecule has 7 heteroatoms. The minimum absolute atomic E-state index is 0.214. The van der Waals surface area contributed by atoms with E-state index in [1.807, 2.05) is 31.2 Å². The molecule has 3 aromatic rings. The highest BCUT2D eigenvalue weighted by Crippen LogP contribution is 2.17. The van der Waals surface area contributed by atoms with Crippen LogP contribution in [0.25, 0.3) is 6.08 Å². The van der Waals surface area contributed by atoms with Gasteiger partial charge in [0.05, 0.1) is 6.61 Å².